The first-order valence-electron chi connectivity index (χ1n) is 10.8. The number of carbonyl (C=O) groups excluding carboxylic acids is 1. The summed E-state index contributed by atoms with van der Waals surface area (Å²) in [5.41, 5.74) is 1.21. The molecular formula is C24H23BrF3N5O. The smallest absolute Gasteiger partial charge is 0.369 e. The molecule has 2 amide bonds. The number of alkyl halides is 3. The summed E-state index contributed by atoms with van der Waals surface area (Å²) < 4.78 is 40.5. The van der Waals surface area contributed by atoms with E-state index in [1.54, 1.807) is 29.3 Å². The molecule has 1 atom stereocenters. The van der Waals surface area contributed by atoms with E-state index in [-0.39, 0.29) is 12.1 Å². The maximum absolute atomic E-state index is 13.4. The Morgan fingerprint density at radius 3 is 2.71 bits per heavy atom. The van der Waals surface area contributed by atoms with E-state index in [1.807, 2.05) is 19.9 Å². The van der Waals surface area contributed by atoms with E-state index in [4.69, 9.17) is 4.98 Å². The third-order valence-corrected chi connectivity index (χ3v) is 6.16. The second-order valence-electron chi connectivity index (χ2n) is 8.03. The monoisotopic (exact) mass is 533 g/mol. The molecule has 0 aliphatic carbocycles. The predicted molar refractivity (Wildman–Crippen MR) is 130 cm³/mol. The van der Waals surface area contributed by atoms with Crippen molar-refractivity contribution in [3.8, 4) is 11.3 Å². The number of hydrogen-bond donors (Lipinski definition) is 1. The Balaban J connectivity index is 1.78. The Morgan fingerprint density at radius 1 is 1.21 bits per heavy atom. The normalized spacial score (nSPS) is 16.1. The van der Waals surface area contributed by atoms with Crippen molar-refractivity contribution in [3.63, 3.8) is 0 Å². The van der Waals surface area contributed by atoms with Crippen molar-refractivity contribution >= 4 is 39.2 Å². The maximum atomic E-state index is 13.4. The first-order chi connectivity index (χ1) is 16.2. The number of carbonyl (C=O) groups is 1. The van der Waals surface area contributed by atoms with Crippen LogP contribution in [-0.2, 0) is 6.18 Å². The largest absolute Gasteiger partial charge is 0.416 e. The SMILES string of the molecule is CCN1CC[C@@H](C)N(C(=O)Nc2cncc(Br)c2)c2nc(-c3cccc(C(F)(F)F)c3)ccc21. The summed E-state index contributed by atoms with van der Waals surface area (Å²) in [6, 6.07) is 9.71. The molecule has 1 aromatic carbocycles. The second kappa shape index (κ2) is 9.61. The minimum Gasteiger partial charge on any atom is -0.369 e. The molecule has 1 aliphatic rings. The molecule has 0 radical (unpaired) electrons. The predicted octanol–water partition coefficient (Wildman–Crippen LogP) is 6.58. The third kappa shape index (κ3) is 5.01. The fourth-order valence-corrected chi connectivity index (χ4v) is 4.34. The first kappa shape index (κ1) is 24.0. The molecule has 10 heteroatoms. The van der Waals surface area contributed by atoms with E-state index in [9.17, 15) is 18.0 Å². The highest BCUT2D eigenvalue weighted by molar-refractivity contribution is 9.10. The third-order valence-electron chi connectivity index (χ3n) is 5.72. The molecule has 0 saturated carbocycles. The number of halogens is 4. The standard InChI is InChI=1S/C24H23BrF3N5O/c1-3-32-10-9-15(2)33(23(34)30-19-12-18(25)13-29-14-19)22-21(32)8-7-20(31-22)16-5-4-6-17(11-16)24(26,27)28/h4-8,11-15H,3,9-10H2,1-2H3,(H,30,34)/t15-/m1/s1. The fourth-order valence-electron chi connectivity index (χ4n) is 3.97. The van der Waals surface area contributed by atoms with Crippen molar-refractivity contribution in [2.45, 2.75) is 32.5 Å². The average molecular weight is 534 g/mol. The highest BCUT2D eigenvalue weighted by atomic mass is 79.9. The molecule has 178 valence electrons. The summed E-state index contributed by atoms with van der Waals surface area (Å²) in [6.07, 6.45) is -0.606. The van der Waals surface area contributed by atoms with Crippen molar-refractivity contribution in [1.82, 2.24) is 9.97 Å². The molecule has 4 rings (SSSR count). The summed E-state index contributed by atoms with van der Waals surface area (Å²) in [6.45, 7) is 5.37. The molecule has 0 saturated heterocycles. The van der Waals surface area contributed by atoms with E-state index >= 15 is 0 Å². The number of urea groups is 1. The van der Waals surface area contributed by atoms with E-state index in [0.717, 1.165) is 28.8 Å². The second-order valence-corrected chi connectivity index (χ2v) is 8.94. The van der Waals surface area contributed by atoms with E-state index in [1.165, 1.54) is 12.3 Å². The van der Waals surface area contributed by atoms with Crippen LogP contribution in [0.2, 0.25) is 0 Å². The zero-order chi connectivity index (χ0) is 24.5. The minimum absolute atomic E-state index is 0.195. The zero-order valence-electron chi connectivity index (χ0n) is 18.6. The van der Waals surface area contributed by atoms with Gasteiger partial charge in [0.15, 0.2) is 5.82 Å². The molecule has 0 spiro atoms. The van der Waals surface area contributed by atoms with Gasteiger partial charge in [0.2, 0.25) is 0 Å². The highest BCUT2D eigenvalue weighted by Crippen LogP contribution is 2.37. The van der Waals surface area contributed by atoms with Crippen LogP contribution in [0.5, 0.6) is 0 Å². The topological polar surface area (TPSA) is 61.4 Å². The average Bonchev–Trinajstić information content (AvgIpc) is 2.93. The van der Waals surface area contributed by atoms with Gasteiger partial charge in [-0.25, -0.2) is 9.78 Å². The van der Waals surface area contributed by atoms with Gasteiger partial charge in [0.25, 0.3) is 0 Å². The number of pyridine rings is 2. The molecule has 34 heavy (non-hydrogen) atoms. The fraction of sp³-hybridized carbons (Fsp3) is 0.292. The Bertz CT molecular complexity index is 1200. The lowest BCUT2D eigenvalue weighted by atomic mass is 10.1. The number of aromatic nitrogens is 2. The van der Waals surface area contributed by atoms with Gasteiger partial charge in [-0.1, -0.05) is 12.1 Å². The molecule has 1 aliphatic heterocycles. The molecule has 0 unspecified atom stereocenters. The van der Waals surface area contributed by atoms with Crippen LogP contribution in [0.1, 0.15) is 25.8 Å². The van der Waals surface area contributed by atoms with Crippen LogP contribution in [0, 0.1) is 0 Å². The number of hydrogen-bond acceptors (Lipinski definition) is 4. The highest BCUT2D eigenvalue weighted by Gasteiger charge is 2.32. The van der Waals surface area contributed by atoms with Gasteiger partial charge in [0.1, 0.15) is 0 Å². The summed E-state index contributed by atoms with van der Waals surface area (Å²) in [5, 5.41) is 2.86. The van der Waals surface area contributed by atoms with Crippen LogP contribution in [-0.4, -0.2) is 35.1 Å². The van der Waals surface area contributed by atoms with Gasteiger partial charge in [0, 0.05) is 35.4 Å². The van der Waals surface area contributed by atoms with Gasteiger partial charge in [-0.2, -0.15) is 13.2 Å². The summed E-state index contributed by atoms with van der Waals surface area (Å²) in [4.78, 5) is 25.9. The molecule has 3 aromatic rings. The van der Waals surface area contributed by atoms with Crippen molar-refractivity contribution in [1.29, 1.82) is 0 Å². The number of nitrogens with zero attached hydrogens (tertiary/aromatic N) is 4. The lowest BCUT2D eigenvalue weighted by Gasteiger charge is -2.28. The van der Waals surface area contributed by atoms with Crippen LogP contribution in [0.3, 0.4) is 0 Å². The Hall–Kier alpha value is -3.14. The van der Waals surface area contributed by atoms with E-state index in [0.29, 0.717) is 35.7 Å². The molecule has 2 aromatic heterocycles. The van der Waals surface area contributed by atoms with Crippen LogP contribution >= 0.6 is 15.9 Å². The lowest BCUT2D eigenvalue weighted by molar-refractivity contribution is -0.137. The molecule has 3 heterocycles. The Morgan fingerprint density at radius 2 is 2.00 bits per heavy atom. The van der Waals surface area contributed by atoms with Gasteiger partial charge < -0.3 is 10.2 Å². The summed E-state index contributed by atoms with van der Waals surface area (Å²) in [5.74, 6) is 0.405. The number of rotatable bonds is 3. The van der Waals surface area contributed by atoms with Crippen LogP contribution in [0.15, 0.2) is 59.3 Å². The number of anilines is 3. The number of benzene rings is 1. The number of fused-ring (bicyclic) bond motifs is 1. The van der Waals surface area contributed by atoms with Crippen molar-refractivity contribution < 1.29 is 18.0 Å². The van der Waals surface area contributed by atoms with Gasteiger partial charge >= 0.3 is 12.2 Å². The minimum atomic E-state index is -4.46. The molecule has 1 N–H and O–H groups in total. The Kier molecular flexibility index (Phi) is 6.79. The molecule has 0 fully saturated rings. The molecule has 0 bridgehead atoms. The van der Waals surface area contributed by atoms with Crippen LogP contribution < -0.4 is 15.1 Å². The van der Waals surface area contributed by atoms with E-state index in [2.05, 4.69) is 31.1 Å². The summed E-state index contributed by atoms with van der Waals surface area (Å²) in [7, 11) is 0. The van der Waals surface area contributed by atoms with Gasteiger partial charge in [0.05, 0.1) is 28.8 Å². The summed E-state index contributed by atoms with van der Waals surface area (Å²) >= 11 is 3.34. The van der Waals surface area contributed by atoms with Crippen molar-refractivity contribution in [2.75, 3.05) is 28.2 Å². The quantitative estimate of drug-likeness (QED) is 0.413. The van der Waals surface area contributed by atoms with Crippen LogP contribution in [0.4, 0.5) is 35.2 Å². The first-order valence-corrected chi connectivity index (χ1v) is 11.6. The van der Waals surface area contributed by atoms with Crippen molar-refractivity contribution in [3.05, 3.63) is 64.9 Å². The number of nitrogens with one attached hydrogen (secondary N) is 1. The van der Waals surface area contributed by atoms with E-state index < -0.39 is 11.7 Å². The van der Waals surface area contributed by atoms with Gasteiger partial charge in [-0.15, -0.1) is 0 Å². The van der Waals surface area contributed by atoms with Gasteiger partial charge in [-0.05, 0) is 66.5 Å². The molecule has 6 nitrogen and oxygen atoms in total. The zero-order valence-corrected chi connectivity index (χ0v) is 20.2. The Labute approximate surface area is 203 Å². The maximum Gasteiger partial charge on any atom is 0.416 e. The van der Waals surface area contributed by atoms with Crippen molar-refractivity contribution in [2.24, 2.45) is 0 Å². The van der Waals surface area contributed by atoms with Gasteiger partial charge in [-0.3, -0.25) is 9.88 Å². The number of amides is 2. The molecular weight excluding hydrogens is 511 g/mol. The van der Waals surface area contributed by atoms with Crippen LogP contribution in [0.25, 0.3) is 11.3 Å². The lowest BCUT2D eigenvalue weighted by Crippen LogP contribution is -2.42.